The Morgan fingerprint density at radius 3 is 2.80 bits per heavy atom. The number of benzene rings is 2. The third kappa shape index (κ3) is 2.64. The van der Waals surface area contributed by atoms with E-state index in [0.717, 1.165) is 30.5 Å². The van der Waals surface area contributed by atoms with Crippen LogP contribution in [0.1, 0.15) is 36.5 Å². The number of ether oxygens (including phenoxy) is 1. The first-order valence-corrected chi connectivity index (χ1v) is 10.4. The van der Waals surface area contributed by atoms with Crippen LogP contribution in [0, 0.1) is 0 Å². The van der Waals surface area contributed by atoms with Crippen molar-refractivity contribution >= 4 is 32.2 Å². The lowest BCUT2D eigenvalue weighted by Gasteiger charge is -2.16. The van der Waals surface area contributed by atoms with Crippen LogP contribution in [0.15, 0.2) is 35.2 Å². The summed E-state index contributed by atoms with van der Waals surface area (Å²) in [7, 11) is -3.43. The largest absolute Gasteiger partial charge is 0.378 e. The third-order valence-electron chi connectivity index (χ3n) is 5.13. The summed E-state index contributed by atoms with van der Waals surface area (Å²) >= 11 is 0. The van der Waals surface area contributed by atoms with E-state index in [1.165, 1.54) is 0 Å². The summed E-state index contributed by atoms with van der Waals surface area (Å²) in [5.74, 6) is 0.0129. The molecule has 2 heterocycles. The molecule has 6 heteroatoms. The summed E-state index contributed by atoms with van der Waals surface area (Å²) in [6.07, 6.45) is 2.49. The van der Waals surface area contributed by atoms with Gasteiger partial charge in [0.1, 0.15) is 0 Å². The van der Waals surface area contributed by atoms with Crippen molar-refractivity contribution in [2.45, 2.75) is 37.2 Å². The lowest BCUT2D eigenvalue weighted by Crippen LogP contribution is -2.25. The Bertz CT molecular complexity index is 945. The van der Waals surface area contributed by atoms with E-state index in [2.05, 4.69) is 0 Å². The Morgan fingerprint density at radius 1 is 1.24 bits per heavy atom. The molecule has 2 aliphatic heterocycles. The molecule has 0 bridgehead atoms. The van der Waals surface area contributed by atoms with Crippen molar-refractivity contribution < 1.29 is 17.9 Å². The number of carbonyl (C=O) groups excluding carboxylic acids is 1. The number of carbonyl (C=O) groups is 1. The van der Waals surface area contributed by atoms with Gasteiger partial charge in [-0.1, -0.05) is 12.1 Å². The second-order valence-corrected chi connectivity index (χ2v) is 8.68. The number of amides is 1. The molecule has 1 fully saturated rings. The van der Waals surface area contributed by atoms with Gasteiger partial charge in [-0.15, -0.1) is 0 Å². The molecule has 0 aromatic heterocycles. The molecule has 1 saturated heterocycles. The molecule has 0 radical (unpaired) electrons. The average molecular weight is 359 g/mol. The van der Waals surface area contributed by atoms with E-state index in [9.17, 15) is 13.2 Å². The Kier molecular flexibility index (Phi) is 4.04. The molecule has 2 aromatic carbocycles. The van der Waals surface area contributed by atoms with E-state index < -0.39 is 9.84 Å². The van der Waals surface area contributed by atoms with Gasteiger partial charge in [-0.05, 0) is 44.4 Å². The minimum absolute atomic E-state index is 0.0451. The van der Waals surface area contributed by atoms with Gasteiger partial charge >= 0.3 is 0 Å². The number of nitrogens with zero attached hydrogens (tertiary/aromatic N) is 1. The molecule has 5 nitrogen and oxygen atoms in total. The molecule has 0 saturated carbocycles. The fourth-order valence-electron chi connectivity index (χ4n) is 3.87. The van der Waals surface area contributed by atoms with Gasteiger partial charge in [0.25, 0.3) is 5.91 Å². The molecule has 1 amide bonds. The van der Waals surface area contributed by atoms with Crippen LogP contribution in [0.25, 0.3) is 10.8 Å². The quantitative estimate of drug-likeness (QED) is 0.823. The van der Waals surface area contributed by atoms with Crippen molar-refractivity contribution in [3.63, 3.8) is 0 Å². The molecular weight excluding hydrogens is 338 g/mol. The van der Waals surface area contributed by atoms with Gasteiger partial charge in [0, 0.05) is 29.5 Å². The highest BCUT2D eigenvalue weighted by Crippen LogP contribution is 2.40. The predicted octanol–water partition coefficient (Wildman–Crippen LogP) is 3.16. The van der Waals surface area contributed by atoms with E-state index in [1.807, 2.05) is 6.92 Å². The normalized spacial score (nSPS) is 20.0. The maximum absolute atomic E-state index is 12.9. The number of hydrogen-bond acceptors (Lipinski definition) is 4. The SMILES string of the molecule is CCN1C(=O)c2cccc3c(S(=O)(=O)CC[C@@H]4CCCO4)ccc1c23. The molecule has 0 aliphatic carbocycles. The first-order chi connectivity index (χ1) is 12.0. The number of rotatable bonds is 5. The summed E-state index contributed by atoms with van der Waals surface area (Å²) in [4.78, 5) is 14.5. The van der Waals surface area contributed by atoms with E-state index >= 15 is 0 Å². The zero-order valence-corrected chi connectivity index (χ0v) is 15.0. The zero-order chi connectivity index (χ0) is 17.6. The minimum Gasteiger partial charge on any atom is -0.378 e. The van der Waals surface area contributed by atoms with Gasteiger partial charge in [0.15, 0.2) is 9.84 Å². The fourth-order valence-corrected chi connectivity index (χ4v) is 5.45. The maximum Gasteiger partial charge on any atom is 0.258 e. The monoisotopic (exact) mass is 359 g/mol. The molecule has 0 N–H and O–H groups in total. The zero-order valence-electron chi connectivity index (χ0n) is 14.2. The van der Waals surface area contributed by atoms with Crippen LogP contribution in [-0.4, -0.2) is 39.3 Å². The topological polar surface area (TPSA) is 63.7 Å². The smallest absolute Gasteiger partial charge is 0.258 e. The second kappa shape index (κ2) is 6.11. The van der Waals surface area contributed by atoms with Gasteiger partial charge < -0.3 is 9.64 Å². The van der Waals surface area contributed by atoms with Crippen LogP contribution in [0.2, 0.25) is 0 Å². The molecule has 0 spiro atoms. The van der Waals surface area contributed by atoms with Gasteiger partial charge in [-0.25, -0.2) is 8.42 Å². The lowest BCUT2D eigenvalue weighted by molar-refractivity contribution is 0.0994. The van der Waals surface area contributed by atoms with Crippen LogP contribution in [0.5, 0.6) is 0 Å². The molecule has 2 aromatic rings. The number of anilines is 1. The lowest BCUT2D eigenvalue weighted by atomic mass is 10.1. The molecule has 1 atom stereocenters. The number of hydrogen-bond donors (Lipinski definition) is 0. The molecule has 2 aliphatic rings. The van der Waals surface area contributed by atoms with Crippen molar-refractivity contribution in [2.24, 2.45) is 0 Å². The highest BCUT2D eigenvalue weighted by molar-refractivity contribution is 7.91. The van der Waals surface area contributed by atoms with Crippen LogP contribution >= 0.6 is 0 Å². The van der Waals surface area contributed by atoms with Crippen LogP contribution in [-0.2, 0) is 14.6 Å². The highest BCUT2D eigenvalue weighted by Gasteiger charge is 2.31. The molecule has 4 rings (SSSR count). The third-order valence-corrected chi connectivity index (χ3v) is 6.93. The Morgan fingerprint density at radius 2 is 2.08 bits per heavy atom. The average Bonchev–Trinajstić information content (AvgIpc) is 3.22. The van der Waals surface area contributed by atoms with E-state index in [-0.39, 0.29) is 17.8 Å². The second-order valence-electron chi connectivity index (χ2n) is 6.60. The van der Waals surface area contributed by atoms with E-state index in [1.54, 1.807) is 35.2 Å². The van der Waals surface area contributed by atoms with Crippen molar-refractivity contribution in [1.82, 2.24) is 0 Å². The first kappa shape index (κ1) is 16.5. The van der Waals surface area contributed by atoms with Crippen molar-refractivity contribution in [3.05, 3.63) is 35.9 Å². The molecule has 0 unspecified atom stereocenters. The summed E-state index contributed by atoms with van der Waals surface area (Å²) < 4.78 is 31.4. The standard InChI is InChI=1S/C19H21NO4S/c1-2-20-16-8-9-17(14-6-3-7-15(18(14)16)19(20)21)25(22,23)12-10-13-5-4-11-24-13/h3,6-9,13H,2,4-5,10-12H2,1H3/t13-/m0/s1. The van der Waals surface area contributed by atoms with Gasteiger partial charge in [0.05, 0.1) is 22.4 Å². The van der Waals surface area contributed by atoms with E-state index in [0.29, 0.717) is 28.8 Å². The minimum atomic E-state index is -3.43. The Balaban J connectivity index is 1.76. The van der Waals surface area contributed by atoms with Crippen molar-refractivity contribution in [1.29, 1.82) is 0 Å². The summed E-state index contributed by atoms with van der Waals surface area (Å²) in [5, 5.41) is 1.40. The summed E-state index contributed by atoms with van der Waals surface area (Å²) in [6, 6.07) is 8.74. The molecule has 132 valence electrons. The van der Waals surface area contributed by atoms with Crippen LogP contribution < -0.4 is 4.90 Å². The molecule has 25 heavy (non-hydrogen) atoms. The Hall–Kier alpha value is -1.92. The van der Waals surface area contributed by atoms with Gasteiger partial charge in [0.2, 0.25) is 0 Å². The highest BCUT2D eigenvalue weighted by atomic mass is 32.2. The summed E-state index contributed by atoms with van der Waals surface area (Å²) in [5.41, 5.74) is 1.39. The first-order valence-electron chi connectivity index (χ1n) is 8.75. The summed E-state index contributed by atoms with van der Waals surface area (Å²) in [6.45, 7) is 3.20. The fraction of sp³-hybridized carbons (Fsp3) is 0.421. The van der Waals surface area contributed by atoms with Crippen molar-refractivity contribution in [2.75, 3.05) is 23.8 Å². The van der Waals surface area contributed by atoms with Gasteiger partial charge in [-0.3, -0.25) is 4.79 Å². The predicted molar refractivity (Wildman–Crippen MR) is 96.9 cm³/mol. The van der Waals surface area contributed by atoms with E-state index in [4.69, 9.17) is 4.74 Å². The molecular formula is C19H21NO4S. The van der Waals surface area contributed by atoms with Crippen LogP contribution in [0.4, 0.5) is 5.69 Å². The Labute approximate surface area is 147 Å². The van der Waals surface area contributed by atoms with Gasteiger partial charge in [-0.2, -0.15) is 0 Å². The number of sulfone groups is 1. The van der Waals surface area contributed by atoms with Crippen molar-refractivity contribution in [3.8, 4) is 0 Å². The van der Waals surface area contributed by atoms with Crippen LogP contribution in [0.3, 0.4) is 0 Å². The maximum atomic E-state index is 12.9.